The van der Waals surface area contributed by atoms with Crippen molar-refractivity contribution in [1.29, 1.82) is 0 Å². The van der Waals surface area contributed by atoms with Crippen LogP contribution < -0.4 is 15.8 Å². The van der Waals surface area contributed by atoms with E-state index in [1.165, 1.54) is 5.56 Å². The van der Waals surface area contributed by atoms with Crippen LogP contribution in [0.25, 0.3) is 0 Å². The molecule has 0 aliphatic carbocycles. The van der Waals surface area contributed by atoms with Gasteiger partial charge < -0.3 is 15.8 Å². The molecule has 0 aromatic heterocycles. The van der Waals surface area contributed by atoms with Crippen molar-refractivity contribution in [3.63, 3.8) is 0 Å². The van der Waals surface area contributed by atoms with Crippen molar-refractivity contribution in [3.05, 3.63) is 47.5 Å². The van der Waals surface area contributed by atoms with Gasteiger partial charge in [-0.2, -0.15) is 0 Å². The number of rotatable bonds is 3. The van der Waals surface area contributed by atoms with Gasteiger partial charge in [-0.25, -0.2) is 0 Å². The third-order valence-electron chi connectivity index (χ3n) is 2.88. The molecule has 0 unspecified atom stereocenters. The number of anilines is 3. The first-order valence-electron chi connectivity index (χ1n) is 5.88. The first-order chi connectivity index (χ1) is 8.60. The predicted octanol–water partition coefficient (Wildman–Crippen LogP) is 3.64. The van der Waals surface area contributed by atoms with Gasteiger partial charge in [0.1, 0.15) is 5.75 Å². The molecular weight excluding hydrogens is 224 g/mol. The van der Waals surface area contributed by atoms with E-state index in [2.05, 4.69) is 5.32 Å². The largest absolute Gasteiger partial charge is 0.496 e. The quantitative estimate of drug-likeness (QED) is 0.808. The minimum absolute atomic E-state index is 0.745. The van der Waals surface area contributed by atoms with Crippen LogP contribution in [0.1, 0.15) is 11.1 Å². The monoisotopic (exact) mass is 242 g/mol. The molecule has 0 saturated carbocycles. The van der Waals surface area contributed by atoms with Gasteiger partial charge in [-0.3, -0.25) is 0 Å². The van der Waals surface area contributed by atoms with Crippen LogP contribution in [0.3, 0.4) is 0 Å². The molecule has 0 spiro atoms. The number of aryl methyl sites for hydroxylation is 2. The van der Waals surface area contributed by atoms with Crippen molar-refractivity contribution in [2.45, 2.75) is 13.8 Å². The Morgan fingerprint density at radius 2 is 1.83 bits per heavy atom. The lowest BCUT2D eigenvalue weighted by Gasteiger charge is -2.12. The summed E-state index contributed by atoms with van der Waals surface area (Å²) in [6, 6.07) is 11.9. The van der Waals surface area contributed by atoms with E-state index in [0.29, 0.717) is 0 Å². The second-order valence-electron chi connectivity index (χ2n) is 4.40. The fourth-order valence-electron chi connectivity index (χ4n) is 1.89. The van der Waals surface area contributed by atoms with Crippen LogP contribution in [-0.4, -0.2) is 7.11 Å². The average molecular weight is 242 g/mol. The van der Waals surface area contributed by atoms with Gasteiger partial charge in [0.05, 0.1) is 18.5 Å². The number of hydrogen-bond donors (Lipinski definition) is 2. The number of nitrogens with two attached hydrogens (primary N) is 1. The van der Waals surface area contributed by atoms with Crippen molar-refractivity contribution < 1.29 is 4.74 Å². The van der Waals surface area contributed by atoms with Crippen molar-refractivity contribution in [1.82, 2.24) is 0 Å². The zero-order valence-electron chi connectivity index (χ0n) is 10.9. The summed E-state index contributed by atoms with van der Waals surface area (Å²) in [6.45, 7) is 4.06. The summed E-state index contributed by atoms with van der Waals surface area (Å²) in [5.41, 5.74) is 10.9. The summed E-state index contributed by atoms with van der Waals surface area (Å²) >= 11 is 0. The Bertz CT molecular complexity index is 564. The van der Waals surface area contributed by atoms with Crippen LogP contribution in [0.5, 0.6) is 5.75 Å². The maximum atomic E-state index is 5.94. The van der Waals surface area contributed by atoms with E-state index in [4.69, 9.17) is 10.5 Å². The summed E-state index contributed by atoms with van der Waals surface area (Å²) < 4.78 is 5.24. The second kappa shape index (κ2) is 5.00. The maximum Gasteiger partial charge on any atom is 0.121 e. The highest BCUT2D eigenvalue weighted by Crippen LogP contribution is 2.27. The first kappa shape index (κ1) is 12.3. The lowest BCUT2D eigenvalue weighted by Crippen LogP contribution is -1.97. The van der Waals surface area contributed by atoms with Crippen molar-refractivity contribution >= 4 is 17.1 Å². The molecule has 2 aromatic carbocycles. The third-order valence-corrected chi connectivity index (χ3v) is 2.88. The zero-order valence-corrected chi connectivity index (χ0v) is 10.9. The summed E-state index contributed by atoms with van der Waals surface area (Å²) in [5.74, 6) is 0.887. The Kier molecular flexibility index (Phi) is 3.42. The minimum Gasteiger partial charge on any atom is -0.496 e. The lowest BCUT2D eigenvalue weighted by molar-refractivity contribution is 0.412. The standard InChI is InChI=1S/C15H18N2O/c1-10-4-6-13(16)14(8-10)17-12-5-7-15(18-3)11(2)9-12/h4-9,17H,16H2,1-3H3. The Hall–Kier alpha value is -2.16. The van der Waals surface area contributed by atoms with E-state index in [1.54, 1.807) is 7.11 Å². The van der Waals surface area contributed by atoms with Crippen LogP contribution >= 0.6 is 0 Å². The van der Waals surface area contributed by atoms with Gasteiger partial charge in [0.25, 0.3) is 0 Å². The lowest BCUT2D eigenvalue weighted by atomic mass is 10.1. The number of nitrogens with one attached hydrogen (secondary N) is 1. The molecule has 0 atom stereocenters. The number of benzene rings is 2. The molecule has 0 fully saturated rings. The topological polar surface area (TPSA) is 47.3 Å². The molecule has 0 amide bonds. The highest BCUT2D eigenvalue weighted by Gasteiger charge is 2.03. The molecule has 0 radical (unpaired) electrons. The molecule has 3 nitrogen and oxygen atoms in total. The molecule has 0 saturated heterocycles. The molecule has 94 valence electrons. The minimum atomic E-state index is 0.745. The number of methoxy groups -OCH3 is 1. The van der Waals surface area contributed by atoms with Gasteiger partial charge in [0, 0.05) is 5.69 Å². The van der Waals surface area contributed by atoms with Gasteiger partial charge in [-0.15, -0.1) is 0 Å². The molecule has 0 heterocycles. The molecule has 3 heteroatoms. The molecule has 0 aliphatic heterocycles. The average Bonchev–Trinajstić information content (AvgIpc) is 2.34. The van der Waals surface area contributed by atoms with E-state index >= 15 is 0 Å². The molecule has 3 N–H and O–H groups in total. The van der Waals surface area contributed by atoms with E-state index in [1.807, 2.05) is 50.2 Å². The zero-order chi connectivity index (χ0) is 13.1. The predicted molar refractivity (Wildman–Crippen MR) is 76.6 cm³/mol. The Morgan fingerprint density at radius 1 is 1.06 bits per heavy atom. The molecular formula is C15H18N2O. The van der Waals surface area contributed by atoms with Gasteiger partial charge in [0.15, 0.2) is 0 Å². The van der Waals surface area contributed by atoms with E-state index < -0.39 is 0 Å². The third kappa shape index (κ3) is 2.56. The fraction of sp³-hybridized carbons (Fsp3) is 0.200. The molecule has 18 heavy (non-hydrogen) atoms. The smallest absolute Gasteiger partial charge is 0.121 e. The highest BCUT2D eigenvalue weighted by molar-refractivity contribution is 5.73. The summed E-state index contributed by atoms with van der Waals surface area (Å²) in [4.78, 5) is 0. The maximum absolute atomic E-state index is 5.94. The Labute approximate surface area is 108 Å². The van der Waals surface area contributed by atoms with Crippen molar-refractivity contribution in [2.24, 2.45) is 0 Å². The van der Waals surface area contributed by atoms with E-state index in [9.17, 15) is 0 Å². The Balaban J connectivity index is 2.28. The number of nitrogen functional groups attached to an aromatic ring is 1. The first-order valence-corrected chi connectivity index (χ1v) is 5.88. The summed E-state index contributed by atoms with van der Waals surface area (Å²) in [6.07, 6.45) is 0. The van der Waals surface area contributed by atoms with Crippen LogP contribution in [0.2, 0.25) is 0 Å². The SMILES string of the molecule is COc1ccc(Nc2cc(C)ccc2N)cc1C. The van der Waals surface area contributed by atoms with Gasteiger partial charge >= 0.3 is 0 Å². The normalized spacial score (nSPS) is 10.2. The molecule has 2 rings (SSSR count). The van der Waals surface area contributed by atoms with Crippen LogP contribution in [0, 0.1) is 13.8 Å². The van der Waals surface area contributed by atoms with Gasteiger partial charge in [-0.1, -0.05) is 6.07 Å². The Morgan fingerprint density at radius 3 is 2.50 bits per heavy atom. The highest BCUT2D eigenvalue weighted by atomic mass is 16.5. The van der Waals surface area contributed by atoms with E-state index in [0.717, 1.165) is 28.4 Å². The molecule has 0 aliphatic rings. The number of ether oxygens (including phenoxy) is 1. The van der Waals surface area contributed by atoms with E-state index in [-0.39, 0.29) is 0 Å². The second-order valence-corrected chi connectivity index (χ2v) is 4.40. The summed E-state index contributed by atoms with van der Waals surface area (Å²) in [7, 11) is 1.67. The van der Waals surface area contributed by atoms with Gasteiger partial charge in [-0.05, 0) is 55.3 Å². The van der Waals surface area contributed by atoms with Crippen LogP contribution in [0.15, 0.2) is 36.4 Å². The van der Waals surface area contributed by atoms with Crippen LogP contribution in [-0.2, 0) is 0 Å². The number of hydrogen-bond acceptors (Lipinski definition) is 3. The van der Waals surface area contributed by atoms with Gasteiger partial charge in [0.2, 0.25) is 0 Å². The molecule has 2 aromatic rings. The van der Waals surface area contributed by atoms with Crippen molar-refractivity contribution in [3.8, 4) is 5.75 Å². The van der Waals surface area contributed by atoms with Crippen LogP contribution in [0.4, 0.5) is 17.1 Å². The molecule has 0 bridgehead atoms. The van der Waals surface area contributed by atoms with Crippen molar-refractivity contribution in [2.75, 3.05) is 18.2 Å². The summed E-state index contributed by atoms with van der Waals surface area (Å²) in [5, 5.41) is 3.32. The fourth-order valence-corrected chi connectivity index (χ4v) is 1.89.